The van der Waals surface area contributed by atoms with Gasteiger partial charge in [0, 0.05) is 24.9 Å². The number of nitrogens with zero attached hydrogens (tertiary/aromatic N) is 2. The van der Waals surface area contributed by atoms with Gasteiger partial charge in [-0.3, -0.25) is 10.1 Å². The topological polar surface area (TPSA) is 83.7 Å². The molecule has 21 heavy (non-hydrogen) atoms. The zero-order valence-electron chi connectivity index (χ0n) is 11.0. The Labute approximate surface area is 119 Å². The van der Waals surface area contributed by atoms with E-state index in [1.54, 1.807) is 30.3 Å². The average Bonchev–Trinajstić information content (AvgIpc) is 2.46. The molecule has 0 bridgehead atoms. The molecule has 0 aromatic heterocycles. The maximum atomic E-state index is 13.8. The van der Waals surface area contributed by atoms with E-state index < -0.39 is 28.0 Å². The zero-order chi connectivity index (χ0) is 15.6. The summed E-state index contributed by atoms with van der Waals surface area (Å²) in [6, 6.07) is 10.2. The van der Waals surface area contributed by atoms with Crippen LogP contribution >= 0.6 is 0 Å². The smallest absolute Gasteiger partial charge is 0.338 e. The molecule has 108 valence electrons. The third-order valence-corrected chi connectivity index (χ3v) is 3.00. The van der Waals surface area contributed by atoms with E-state index in [1.165, 1.54) is 11.9 Å². The number of hydrogen-bond acceptors (Lipinski definition) is 4. The van der Waals surface area contributed by atoms with E-state index in [9.17, 15) is 19.3 Å². The lowest BCUT2D eigenvalue weighted by Gasteiger charge is -2.19. The molecule has 7 heteroatoms. The summed E-state index contributed by atoms with van der Waals surface area (Å²) in [5.74, 6) is -2.57. The number of aromatic carboxylic acids is 1. The minimum atomic E-state index is -1.55. The molecule has 0 atom stereocenters. The van der Waals surface area contributed by atoms with E-state index in [4.69, 9.17) is 5.11 Å². The van der Waals surface area contributed by atoms with Crippen LogP contribution in [-0.2, 0) is 0 Å². The van der Waals surface area contributed by atoms with Crippen LogP contribution in [0.1, 0.15) is 10.4 Å². The second-order valence-corrected chi connectivity index (χ2v) is 4.28. The van der Waals surface area contributed by atoms with Gasteiger partial charge >= 0.3 is 5.97 Å². The summed E-state index contributed by atoms with van der Waals surface area (Å²) in [6.45, 7) is 0. The first kappa shape index (κ1) is 14.4. The number of para-hydroxylation sites is 1. The van der Waals surface area contributed by atoms with Crippen LogP contribution in [0, 0.1) is 15.9 Å². The van der Waals surface area contributed by atoms with Crippen LogP contribution in [0.5, 0.6) is 0 Å². The van der Waals surface area contributed by atoms with Gasteiger partial charge in [0.1, 0.15) is 17.1 Å². The van der Waals surface area contributed by atoms with Gasteiger partial charge in [-0.25, -0.2) is 9.18 Å². The van der Waals surface area contributed by atoms with Gasteiger partial charge in [0.25, 0.3) is 5.69 Å². The lowest BCUT2D eigenvalue weighted by Crippen LogP contribution is -2.13. The molecule has 0 heterocycles. The number of rotatable bonds is 4. The number of halogens is 1. The number of hydrogen-bond donors (Lipinski definition) is 1. The van der Waals surface area contributed by atoms with Crippen molar-refractivity contribution in [2.75, 3.05) is 11.9 Å². The van der Waals surface area contributed by atoms with Gasteiger partial charge in [0.15, 0.2) is 0 Å². The highest BCUT2D eigenvalue weighted by Crippen LogP contribution is 2.34. The zero-order valence-corrected chi connectivity index (χ0v) is 11.0. The Morgan fingerprint density at radius 3 is 2.43 bits per heavy atom. The average molecular weight is 290 g/mol. The first-order valence-corrected chi connectivity index (χ1v) is 5.92. The van der Waals surface area contributed by atoms with Crippen molar-refractivity contribution < 1.29 is 19.2 Å². The minimum absolute atomic E-state index is 0.0197. The minimum Gasteiger partial charge on any atom is -0.478 e. The van der Waals surface area contributed by atoms with Crippen molar-refractivity contribution in [3.63, 3.8) is 0 Å². The quantitative estimate of drug-likeness (QED) is 0.690. The highest BCUT2D eigenvalue weighted by Gasteiger charge is 2.24. The number of nitro benzene ring substituents is 1. The van der Waals surface area contributed by atoms with Crippen LogP contribution in [0.25, 0.3) is 0 Å². The summed E-state index contributed by atoms with van der Waals surface area (Å²) in [7, 11) is 1.54. The van der Waals surface area contributed by atoms with E-state index in [2.05, 4.69) is 0 Å². The van der Waals surface area contributed by atoms with E-state index in [1.807, 2.05) is 0 Å². The van der Waals surface area contributed by atoms with Crippen molar-refractivity contribution in [1.29, 1.82) is 0 Å². The Kier molecular flexibility index (Phi) is 3.84. The third-order valence-electron chi connectivity index (χ3n) is 3.00. The maximum absolute atomic E-state index is 13.8. The molecule has 0 aliphatic carbocycles. The van der Waals surface area contributed by atoms with E-state index in [-0.39, 0.29) is 5.69 Å². The molecule has 2 aromatic rings. The number of carboxylic acids is 1. The van der Waals surface area contributed by atoms with Gasteiger partial charge in [-0.15, -0.1) is 0 Å². The lowest BCUT2D eigenvalue weighted by atomic mass is 10.1. The second kappa shape index (κ2) is 5.58. The standard InChI is InChI=1S/C14H11FN2O4/c1-16(9-5-3-2-4-6-9)12-8-11(15)10(14(18)19)7-13(12)17(20)21/h2-8H,1H3,(H,18,19). The van der Waals surface area contributed by atoms with Crippen molar-refractivity contribution in [3.8, 4) is 0 Å². The predicted octanol–water partition coefficient (Wildman–Crippen LogP) is 3.20. The summed E-state index contributed by atoms with van der Waals surface area (Å²) < 4.78 is 13.8. The Morgan fingerprint density at radius 2 is 1.90 bits per heavy atom. The lowest BCUT2D eigenvalue weighted by molar-refractivity contribution is -0.384. The number of nitro groups is 1. The predicted molar refractivity (Wildman–Crippen MR) is 74.5 cm³/mol. The molecule has 2 aromatic carbocycles. The van der Waals surface area contributed by atoms with Crippen LogP contribution in [0.15, 0.2) is 42.5 Å². The molecule has 0 saturated heterocycles. The molecule has 0 aliphatic heterocycles. The first-order chi connectivity index (χ1) is 9.91. The molecular formula is C14H11FN2O4. The fourth-order valence-corrected chi connectivity index (χ4v) is 1.92. The Morgan fingerprint density at radius 1 is 1.29 bits per heavy atom. The maximum Gasteiger partial charge on any atom is 0.338 e. The van der Waals surface area contributed by atoms with Gasteiger partial charge < -0.3 is 10.0 Å². The molecule has 0 spiro atoms. The SMILES string of the molecule is CN(c1ccccc1)c1cc(F)c(C(=O)O)cc1[N+](=O)[O-]. The van der Waals surface area contributed by atoms with Crippen molar-refractivity contribution in [2.45, 2.75) is 0 Å². The first-order valence-electron chi connectivity index (χ1n) is 5.92. The third kappa shape index (κ3) is 2.81. The Hall–Kier alpha value is -2.96. The van der Waals surface area contributed by atoms with Crippen molar-refractivity contribution in [2.24, 2.45) is 0 Å². The molecule has 0 amide bonds. The molecule has 0 unspecified atom stereocenters. The number of benzene rings is 2. The summed E-state index contributed by atoms with van der Waals surface area (Å²) in [6.07, 6.45) is 0. The van der Waals surface area contributed by atoms with Gasteiger partial charge in [-0.1, -0.05) is 18.2 Å². The summed E-state index contributed by atoms with van der Waals surface area (Å²) in [4.78, 5) is 22.7. The van der Waals surface area contributed by atoms with Crippen LogP contribution in [0.3, 0.4) is 0 Å². The molecule has 0 radical (unpaired) electrons. The van der Waals surface area contributed by atoms with Crippen LogP contribution in [0.2, 0.25) is 0 Å². The molecule has 0 aliphatic rings. The molecule has 6 nitrogen and oxygen atoms in total. The summed E-state index contributed by atoms with van der Waals surface area (Å²) in [5, 5.41) is 19.9. The molecule has 1 N–H and O–H groups in total. The van der Waals surface area contributed by atoms with Gasteiger partial charge in [-0.05, 0) is 12.1 Å². The fraction of sp³-hybridized carbons (Fsp3) is 0.0714. The van der Waals surface area contributed by atoms with Gasteiger partial charge in [0.2, 0.25) is 0 Å². The van der Waals surface area contributed by atoms with Crippen molar-refractivity contribution in [3.05, 3.63) is 64.0 Å². The molecule has 0 saturated carbocycles. The summed E-state index contributed by atoms with van der Waals surface area (Å²) >= 11 is 0. The van der Waals surface area contributed by atoms with Crippen molar-refractivity contribution >= 4 is 23.0 Å². The molecule has 0 fully saturated rings. The second-order valence-electron chi connectivity index (χ2n) is 4.28. The number of anilines is 2. The highest BCUT2D eigenvalue weighted by molar-refractivity contribution is 5.90. The fourth-order valence-electron chi connectivity index (χ4n) is 1.92. The largest absolute Gasteiger partial charge is 0.478 e. The Balaban J connectivity index is 2.60. The Bertz CT molecular complexity index is 704. The van der Waals surface area contributed by atoms with E-state index in [0.29, 0.717) is 5.69 Å². The summed E-state index contributed by atoms with van der Waals surface area (Å²) in [5.41, 5.74) is -0.608. The highest BCUT2D eigenvalue weighted by atomic mass is 19.1. The van der Waals surface area contributed by atoms with Crippen LogP contribution in [0.4, 0.5) is 21.5 Å². The van der Waals surface area contributed by atoms with E-state index >= 15 is 0 Å². The van der Waals surface area contributed by atoms with Gasteiger partial charge in [-0.2, -0.15) is 0 Å². The molecule has 2 rings (SSSR count). The number of carboxylic acid groups (broad SMARTS) is 1. The van der Waals surface area contributed by atoms with Gasteiger partial charge in [0.05, 0.1) is 4.92 Å². The van der Waals surface area contributed by atoms with E-state index in [0.717, 1.165) is 12.1 Å². The van der Waals surface area contributed by atoms with Crippen LogP contribution < -0.4 is 4.90 Å². The normalized spacial score (nSPS) is 10.2. The van der Waals surface area contributed by atoms with Crippen LogP contribution in [-0.4, -0.2) is 23.0 Å². The monoisotopic (exact) mass is 290 g/mol. The number of carbonyl (C=O) groups is 1. The van der Waals surface area contributed by atoms with Crippen molar-refractivity contribution in [1.82, 2.24) is 0 Å². The molecular weight excluding hydrogens is 279 g/mol.